The lowest BCUT2D eigenvalue weighted by atomic mass is 10.2. The Bertz CT molecular complexity index is 961. The third-order valence-electron chi connectivity index (χ3n) is 3.51. The molecule has 1 heterocycles. The molecule has 0 bridgehead atoms. The Morgan fingerprint density at radius 1 is 1.15 bits per heavy atom. The summed E-state index contributed by atoms with van der Waals surface area (Å²) in [7, 11) is 1.53. The topological polar surface area (TPSA) is 92.8 Å². The molecule has 0 atom stereocenters. The highest BCUT2D eigenvalue weighted by molar-refractivity contribution is 7.99. The van der Waals surface area contributed by atoms with Crippen LogP contribution in [-0.4, -0.2) is 44.2 Å². The van der Waals surface area contributed by atoms with Crippen molar-refractivity contribution in [3.63, 3.8) is 0 Å². The van der Waals surface area contributed by atoms with E-state index in [-0.39, 0.29) is 39.8 Å². The van der Waals surface area contributed by atoms with Crippen molar-refractivity contribution in [3.05, 3.63) is 48.0 Å². The van der Waals surface area contributed by atoms with Crippen molar-refractivity contribution in [3.8, 4) is 28.6 Å². The lowest BCUT2D eigenvalue weighted by Gasteiger charge is -2.06. The first-order valence-electron chi connectivity index (χ1n) is 7.59. The highest BCUT2D eigenvalue weighted by Crippen LogP contribution is 2.30. The molecule has 2 aromatic carbocycles. The third kappa shape index (κ3) is 4.17. The van der Waals surface area contributed by atoms with Crippen LogP contribution >= 0.6 is 11.8 Å². The van der Waals surface area contributed by atoms with Crippen LogP contribution in [0.3, 0.4) is 0 Å². The van der Waals surface area contributed by atoms with Crippen LogP contribution in [-0.2, 0) is 0 Å². The quantitative estimate of drug-likeness (QED) is 0.379. The van der Waals surface area contributed by atoms with Crippen LogP contribution in [0.2, 0.25) is 0 Å². The van der Waals surface area contributed by atoms with E-state index in [1.54, 1.807) is 24.3 Å². The second-order valence-electron chi connectivity index (χ2n) is 5.18. The summed E-state index contributed by atoms with van der Waals surface area (Å²) in [5.41, 5.74) is 0.791. The molecule has 3 aromatic rings. The van der Waals surface area contributed by atoms with Gasteiger partial charge in [-0.25, -0.2) is 0 Å². The van der Waals surface area contributed by atoms with Gasteiger partial charge in [-0.1, -0.05) is 6.07 Å². The number of benzene rings is 2. The fourth-order valence-corrected chi connectivity index (χ4v) is 2.70. The van der Waals surface area contributed by atoms with Gasteiger partial charge in [0.05, 0.1) is 13.3 Å². The molecule has 0 spiro atoms. The molecule has 140 valence electrons. The van der Waals surface area contributed by atoms with E-state index in [2.05, 4.69) is 15.3 Å². The van der Waals surface area contributed by atoms with Crippen molar-refractivity contribution in [2.45, 2.75) is 10.9 Å². The molecule has 0 aliphatic carbocycles. The van der Waals surface area contributed by atoms with Crippen molar-refractivity contribution < 1.29 is 23.7 Å². The van der Waals surface area contributed by atoms with E-state index in [0.29, 0.717) is 11.3 Å². The molecule has 0 radical (unpaired) electrons. The van der Waals surface area contributed by atoms with Crippen molar-refractivity contribution in [2.75, 3.05) is 7.11 Å². The van der Waals surface area contributed by atoms with Crippen LogP contribution in [0.25, 0.3) is 11.4 Å². The fourth-order valence-electron chi connectivity index (χ4n) is 2.22. The number of hydrogen-bond donors (Lipinski definition) is 2. The number of alkyl halides is 2. The summed E-state index contributed by atoms with van der Waals surface area (Å²) in [6.45, 7) is 0. The van der Waals surface area contributed by atoms with Crippen LogP contribution in [0.15, 0.2) is 52.7 Å². The number of aromatic nitrogens is 3. The van der Waals surface area contributed by atoms with E-state index in [0.717, 1.165) is 4.68 Å². The minimum Gasteiger partial charge on any atom is -0.504 e. The van der Waals surface area contributed by atoms with Gasteiger partial charge in [0, 0.05) is 11.1 Å². The molecule has 1 aromatic heterocycles. The van der Waals surface area contributed by atoms with Gasteiger partial charge in [-0.15, -0.1) is 10.2 Å². The molecule has 0 amide bonds. The molecule has 3 rings (SSSR count). The van der Waals surface area contributed by atoms with E-state index in [1.165, 1.54) is 31.5 Å². The molecule has 0 saturated heterocycles. The van der Waals surface area contributed by atoms with Gasteiger partial charge in [0.25, 0.3) is 5.76 Å². The number of para-hydroxylation sites is 1. The molecule has 0 saturated carbocycles. The Hall–Kier alpha value is -3.14. The zero-order valence-corrected chi connectivity index (χ0v) is 14.8. The highest BCUT2D eigenvalue weighted by atomic mass is 32.2. The number of nitrogens with zero attached hydrogens (tertiary/aromatic N) is 4. The monoisotopic (exact) mass is 392 g/mol. The maximum absolute atomic E-state index is 12.8. The number of rotatable bonds is 6. The maximum atomic E-state index is 12.8. The van der Waals surface area contributed by atoms with Crippen molar-refractivity contribution >= 4 is 18.0 Å². The molecule has 0 unspecified atom stereocenters. The maximum Gasteiger partial charge on any atom is 0.291 e. The lowest BCUT2D eigenvalue weighted by Crippen LogP contribution is -1.98. The number of thioether (sulfide) groups is 1. The SMILES string of the molecule is COc1ccc(-c2nnc(SC(F)F)n2/N=C/c2cccc(O)c2O)cc1. The summed E-state index contributed by atoms with van der Waals surface area (Å²) in [6, 6.07) is 11.1. The van der Waals surface area contributed by atoms with Crippen LogP contribution in [0, 0.1) is 0 Å². The standard InChI is InChI=1S/C17H14F2N4O3S/c1-26-12-7-5-10(6-8-12)15-21-22-17(27-16(18)19)23(15)20-9-11-3-2-4-13(24)14(11)25/h2-9,16,24-25H,1H3/b20-9+. The summed E-state index contributed by atoms with van der Waals surface area (Å²) >= 11 is 0.196. The first kappa shape index (κ1) is 18.6. The van der Waals surface area contributed by atoms with E-state index in [9.17, 15) is 19.0 Å². The normalized spacial score (nSPS) is 11.4. The Balaban J connectivity index is 2.03. The van der Waals surface area contributed by atoms with Gasteiger partial charge in [0.15, 0.2) is 17.3 Å². The Morgan fingerprint density at radius 3 is 2.56 bits per heavy atom. The number of aromatic hydroxyl groups is 2. The second-order valence-corrected chi connectivity index (χ2v) is 6.14. The minimum atomic E-state index is -2.71. The molecule has 0 aliphatic heterocycles. The van der Waals surface area contributed by atoms with Crippen LogP contribution < -0.4 is 4.74 Å². The number of hydrogen-bond acceptors (Lipinski definition) is 7. The zero-order valence-electron chi connectivity index (χ0n) is 14.0. The minimum absolute atomic E-state index is 0.119. The van der Waals surface area contributed by atoms with Gasteiger partial charge < -0.3 is 14.9 Å². The molecule has 7 nitrogen and oxygen atoms in total. The Kier molecular flexibility index (Phi) is 5.55. The average Bonchev–Trinajstić information content (AvgIpc) is 3.05. The lowest BCUT2D eigenvalue weighted by molar-refractivity contribution is 0.251. The average molecular weight is 392 g/mol. The molecule has 2 N–H and O–H groups in total. The van der Waals surface area contributed by atoms with Gasteiger partial charge in [-0.05, 0) is 48.2 Å². The molecule has 10 heteroatoms. The van der Waals surface area contributed by atoms with Gasteiger partial charge in [0.2, 0.25) is 5.16 Å². The molecule has 27 heavy (non-hydrogen) atoms. The predicted molar refractivity (Wildman–Crippen MR) is 96.6 cm³/mol. The third-order valence-corrected chi connectivity index (χ3v) is 4.16. The van der Waals surface area contributed by atoms with Crippen molar-refractivity contribution in [2.24, 2.45) is 5.10 Å². The zero-order chi connectivity index (χ0) is 19.4. The molecular formula is C17H14F2N4O3S. The summed E-state index contributed by atoms with van der Waals surface area (Å²) in [5, 5.41) is 31.1. The molecule has 0 aliphatic rings. The number of methoxy groups -OCH3 is 1. The van der Waals surface area contributed by atoms with E-state index in [4.69, 9.17) is 4.74 Å². The number of halogens is 2. The van der Waals surface area contributed by atoms with Crippen LogP contribution in [0.5, 0.6) is 17.2 Å². The molecular weight excluding hydrogens is 378 g/mol. The number of phenolic OH excluding ortho intramolecular Hbond substituents is 2. The fraction of sp³-hybridized carbons (Fsp3) is 0.118. The van der Waals surface area contributed by atoms with Crippen molar-refractivity contribution in [1.29, 1.82) is 0 Å². The number of phenols is 2. The first-order chi connectivity index (χ1) is 13.0. The van der Waals surface area contributed by atoms with Crippen molar-refractivity contribution in [1.82, 2.24) is 14.9 Å². The molecule has 0 fully saturated rings. The largest absolute Gasteiger partial charge is 0.504 e. The van der Waals surface area contributed by atoms with E-state index < -0.39 is 5.76 Å². The van der Waals surface area contributed by atoms with Crippen LogP contribution in [0.1, 0.15) is 5.56 Å². The summed E-state index contributed by atoms with van der Waals surface area (Å²) in [5.74, 6) is -2.54. The second kappa shape index (κ2) is 8.04. The highest BCUT2D eigenvalue weighted by Gasteiger charge is 2.18. The summed E-state index contributed by atoms with van der Waals surface area (Å²) < 4.78 is 31.9. The van der Waals surface area contributed by atoms with Crippen LogP contribution in [0.4, 0.5) is 8.78 Å². The van der Waals surface area contributed by atoms with Gasteiger partial charge in [0.1, 0.15) is 5.75 Å². The van der Waals surface area contributed by atoms with E-state index >= 15 is 0 Å². The van der Waals surface area contributed by atoms with Gasteiger partial charge >= 0.3 is 0 Å². The first-order valence-corrected chi connectivity index (χ1v) is 8.47. The van der Waals surface area contributed by atoms with Gasteiger partial charge in [-0.2, -0.15) is 18.6 Å². The Morgan fingerprint density at radius 2 is 1.89 bits per heavy atom. The predicted octanol–water partition coefficient (Wildman–Crippen LogP) is 3.56. The Labute approximate surface area is 156 Å². The number of ether oxygens (including phenoxy) is 1. The summed E-state index contributed by atoms with van der Waals surface area (Å²) in [6.07, 6.45) is 1.22. The summed E-state index contributed by atoms with van der Waals surface area (Å²) in [4.78, 5) is 0. The van der Waals surface area contributed by atoms with E-state index in [1.807, 2.05) is 0 Å². The smallest absolute Gasteiger partial charge is 0.291 e. The van der Waals surface area contributed by atoms with Gasteiger partial charge in [-0.3, -0.25) is 0 Å².